The Morgan fingerprint density at radius 2 is 1.09 bits per heavy atom. The molecule has 53 heavy (non-hydrogen) atoms. The van der Waals surface area contributed by atoms with Crippen LogP contribution in [0, 0.1) is 0 Å². The van der Waals surface area contributed by atoms with Crippen LogP contribution in [0.5, 0.6) is 23.0 Å². The van der Waals surface area contributed by atoms with Crippen LogP contribution in [-0.2, 0) is 20.2 Å². The van der Waals surface area contributed by atoms with Crippen molar-refractivity contribution >= 4 is 102 Å². The van der Waals surface area contributed by atoms with E-state index in [1.54, 1.807) is 50.2 Å². The van der Waals surface area contributed by atoms with E-state index in [4.69, 9.17) is 9.47 Å². The Hall–Kier alpha value is -4.68. The summed E-state index contributed by atoms with van der Waals surface area (Å²) >= 11 is 0. The van der Waals surface area contributed by atoms with Gasteiger partial charge in [0.05, 0.1) is 23.8 Å². The summed E-state index contributed by atoms with van der Waals surface area (Å²) < 4.78 is 77.8. The quantitative estimate of drug-likeness (QED) is 0.0777. The summed E-state index contributed by atoms with van der Waals surface area (Å²) in [7, 11) is -9.32. The summed E-state index contributed by atoms with van der Waals surface area (Å²) in [4.78, 5) is -0.980. The molecule has 14 nitrogen and oxygen atoms in total. The number of hydrogen-bond acceptors (Lipinski definition) is 13. The first-order valence-electron chi connectivity index (χ1n) is 15.5. The molecule has 0 bridgehead atoms. The number of fused-ring (bicyclic) bond motifs is 2. The Labute approximate surface area is 335 Å². The van der Waals surface area contributed by atoms with Crippen LogP contribution in [0.25, 0.3) is 21.5 Å². The first-order valence-corrected chi connectivity index (χ1v) is 18.3. The second kappa shape index (κ2) is 17.9. The molecule has 0 aliphatic carbocycles. The zero-order valence-corrected chi connectivity index (χ0v) is 32.1. The monoisotopic (exact) mass is 782 g/mol. The molecule has 0 spiro atoms. The SMILES string of the molecule is CCOc1ccc(N=Nc2c(O)ccc3ccccc23)c(S(=O)(=O)O)c1.CCOc1ccc(N=Nc2c([O-])ccc3ccccc23)c(S(=O)(=O)[O-])c1.[Ca+2]. The third-order valence-electron chi connectivity index (χ3n) is 7.29. The van der Waals surface area contributed by atoms with E-state index in [9.17, 15) is 36.2 Å². The van der Waals surface area contributed by atoms with Gasteiger partial charge in [0.1, 0.15) is 49.3 Å². The molecule has 0 aliphatic heterocycles. The van der Waals surface area contributed by atoms with Crippen molar-refractivity contribution in [1.29, 1.82) is 0 Å². The van der Waals surface area contributed by atoms with Crippen molar-refractivity contribution in [2.24, 2.45) is 20.5 Å². The molecule has 0 aliphatic rings. The van der Waals surface area contributed by atoms with E-state index in [2.05, 4.69) is 20.5 Å². The van der Waals surface area contributed by atoms with Gasteiger partial charge in [-0.15, -0.1) is 15.3 Å². The average molecular weight is 783 g/mol. The van der Waals surface area contributed by atoms with Crippen molar-refractivity contribution in [3.05, 3.63) is 109 Å². The van der Waals surface area contributed by atoms with Gasteiger partial charge < -0.3 is 24.2 Å². The molecule has 0 fully saturated rings. The van der Waals surface area contributed by atoms with Crippen molar-refractivity contribution in [1.82, 2.24) is 0 Å². The number of ether oxygens (including phenoxy) is 2. The maximum absolute atomic E-state index is 12.1. The number of nitrogens with zero attached hydrogens (tertiary/aromatic N) is 4. The number of rotatable bonds is 10. The number of azo groups is 2. The maximum Gasteiger partial charge on any atom is 2.00 e. The Morgan fingerprint density at radius 3 is 1.62 bits per heavy atom. The number of hydrogen-bond donors (Lipinski definition) is 2. The standard InChI is InChI=1S/2C18H16N2O5S.Ca/c2*1-2-25-13-8-9-15(17(11-13)26(22,23)24)19-20-18-14-6-4-3-5-12(14)7-10-16(18)21;/h2*3-11,21H,2H2,1H3,(H,22,23,24);/q;;+2/p-2. The Balaban J connectivity index is 0.000000232. The van der Waals surface area contributed by atoms with Gasteiger partial charge in [0.2, 0.25) is 0 Å². The first-order chi connectivity index (χ1) is 24.8. The van der Waals surface area contributed by atoms with Crippen molar-refractivity contribution < 1.29 is 45.6 Å². The van der Waals surface area contributed by atoms with E-state index in [-0.39, 0.29) is 83.5 Å². The zero-order valence-electron chi connectivity index (χ0n) is 28.3. The van der Waals surface area contributed by atoms with Gasteiger partial charge in [-0.3, -0.25) is 4.55 Å². The van der Waals surface area contributed by atoms with Crippen LogP contribution in [-0.4, -0.2) is 82.0 Å². The second-order valence-electron chi connectivity index (χ2n) is 10.7. The number of phenols is 1. The summed E-state index contributed by atoms with van der Waals surface area (Å²) in [6.45, 7) is 4.14. The minimum atomic E-state index is -4.79. The van der Waals surface area contributed by atoms with E-state index >= 15 is 0 Å². The maximum atomic E-state index is 12.1. The van der Waals surface area contributed by atoms with Gasteiger partial charge in [-0.1, -0.05) is 72.5 Å². The normalized spacial score (nSPS) is 11.7. The number of phenolic OH excluding ortho intramolecular Hbond substituents is 1. The molecule has 6 aromatic rings. The molecule has 0 aromatic heterocycles. The summed E-state index contributed by atoms with van der Waals surface area (Å²) in [5, 5.41) is 40.8. The van der Waals surface area contributed by atoms with E-state index in [0.29, 0.717) is 24.0 Å². The van der Waals surface area contributed by atoms with E-state index < -0.39 is 30.0 Å². The third kappa shape index (κ3) is 10.3. The van der Waals surface area contributed by atoms with Gasteiger partial charge in [0, 0.05) is 16.8 Å². The summed E-state index contributed by atoms with van der Waals surface area (Å²) in [5.74, 6) is 0.0688. The zero-order chi connectivity index (χ0) is 37.5. The van der Waals surface area contributed by atoms with E-state index in [1.165, 1.54) is 42.5 Å². The predicted molar refractivity (Wildman–Crippen MR) is 196 cm³/mol. The summed E-state index contributed by atoms with van der Waals surface area (Å²) in [6.07, 6.45) is 0. The molecular formula is C36H30CaN4O10S2. The van der Waals surface area contributed by atoms with Crippen LogP contribution in [0.3, 0.4) is 0 Å². The van der Waals surface area contributed by atoms with Gasteiger partial charge in [-0.25, -0.2) is 8.42 Å². The molecule has 2 N–H and O–H groups in total. The van der Waals surface area contributed by atoms with E-state index in [1.807, 2.05) is 24.3 Å². The minimum Gasteiger partial charge on any atom is -0.871 e. The first kappa shape index (κ1) is 41.1. The number of benzene rings is 6. The molecule has 6 rings (SSSR count). The van der Waals surface area contributed by atoms with Gasteiger partial charge in [-0.05, 0) is 61.0 Å². The minimum absolute atomic E-state index is 0. The van der Waals surface area contributed by atoms with Crippen LogP contribution >= 0.6 is 0 Å². The molecule has 0 unspecified atom stereocenters. The van der Waals surface area contributed by atoms with Crippen molar-refractivity contribution in [2.45, 2.75) is 23.6 Å². The summed E-state index contributed by atoms with van der Waals surface area (Å²) in [5.41, 5.74) is 0.0589. The molecule has 0 heterocycles. The second-order valence-corrected chi connectivity index (χ2v) is 13.5. The molecule has 0 saturated heterocycles. The van der Waals surface area contributed by atoms with Crippen LogP contribution in [0.2, 0.25) is 0 Å². The van der Waals surface area contributed by atoms with Gasteiger partial charge in [-0.2, -0.15) is 13.5 Å². The molecule has 0 atom stereocenters. The Bertz CT molecular complexity index is 2370. The van der Waals surface area contributed by atoms with Gasteiger partial charge in [0.25, 0.3) is 10.1 Å². The van der Waals surface area contributed by atoms with Gasteiger partial charge >= 0.3 is 37.7 Å². The fraction of sp³-hybridized carbons (Fsp3) is 0.111. The fourth-order valence-electron chi connectivity index (χ4n) is 4.97. The van der Waals surface area contributed by atoms with Crippen molar-refractivity contribution in [3.63, 3.8) is 0 Å². The molecule has 0 saturated carbocycles. The topological polar surface area (TPSA) is 223 Å². The Morgan fingerprint density at radius 1 is 0.623 bits per heavy atom. The molecule has 0 amide bonds. The Kier molecular flexibility index (Phi) is 13.9. The summed E-state index contributed by atoms with van der Waals surface area (Å²) in [6, 6.07) is 28.6. The van der Waals surface area contributed by atoms with Crippen molar-refractivity contribution in [2.75, 3.05) is 13.2 Å². The van der Waals surface area contributed by atoms with Crippen molar-refractivity contribution in [3.8, 4) is 23.0 Å². The smallest absolute Gasteiger partial charge is 0.871 e. The van der Waals surface area contributed by atoms with Crippen LogP contribution in [0.1, 0.15) is 13.8 Å². The van der Waals surface area contributed by atoms with Gasteiger partial charge in [0.15, 0.2) is 0 Å². The fourth-order valence-corrected chi connectivity index (χ4v) is 6.23. The molecule has 6 aromatic carbocycles. The molecule has 17 heteroatoms. The molecule has 268 valence electrons. The molecule has 0 radical (unpaired) electrons. The van der Waals surface area contributed by atoms with Crippen LogP contribution < -0.4 is 14.6 Å². The predicted octanol–water partition coefficient (Wildman–Crippen LogP) is 7.86. The van der Waals surface area contributed by atoms with Crippen LogP contribution in [0.15, 0.2) is 139 Å². The van der Waals surface area contributed by atoms with Crippen LogP contribution in [0.4, 0.5) is 22.7 Å². The molecular weight excluding hydrogens is 753 g/mol. The van der Waals surface area contributed by atoms with E-state index in [0.717, 1.165) is 16.8 Å². The third-order valence-corrected chi connectivity index (χ3v) is 9.04. The average Bonchev–Trinajstić information content (AvgIpc) is 3.11. The number of aromatic hydroxyl groups is 1. The largest absolute Gasteiger partial charge is 2.00 e.